The number of nitrogens with zero attached hydrogens (tertiary/aromatic N) is 2. The van der Waals surface area contributed by atoms with Crippen molar-refractivity contribution in [2.45, 2.75) is 19.4 Å². The number of hydrogen-bond donors (Lipinski definition) is 2. The quantitative estimate of drug-likeness (QED) is 0.598. The van der Waals surface area contributed by atoms with Crippen LogP contribution in [-0.4, -0.2) is 33.4 Å². The van der Waals surface area contributed by atoms with E-state index in [2.05, 4.69) is 10.4 Å². The number of carbonyl (C=O) groups excluding carboxylic acids is 1. The molecule has 0 saturated heterocycles. The highest BCUT2D eigenvalue weighted by atomic mass is 35.5. The zero-order chi connectivity index (χ0) is 21.8. The largest absolute Gasteiger partial charge is 0.394 e. The van der Waals surface area contributed by atoms with E-state index in [1.165, 1.54) is 24.3 Å². The van der Waals surface area contributed by atoms with E-state index in [4.69, 9.17) is 23.2 Å². The highest BCUT2D eigenvalue weighted by Crippen LogP contribution is 2.27. The molecule has 0 saturated carbocycles. The third-order valence-electron chi connectivity index (χ3n) is 4.47. The lowest BCUT2D eigenvalue weighted by atomic mass is 10.1. The van der Waals surface area contributed by atoms with Crippen molar-refractivity contribution in [3.8, 4) is 16.9 Å². The maximum atomic E-state index is 13.7. The van der Waals surface area contributed by atoms with Crippen molar-refractivity contribution < 1.29 is 14.3 Å². The second-order valence-electron chi connectivity index (χ2n) is 6.53. The van der Waals surface area contributed by atoms with Gasteiger partial charge in [-0.15, -0.1) is 0 Å². The lowest BCUT2D eigenvalue weighted by molar-refractivity contribution is 0.0913. The molecule has 2 N–H and O–H groups in total. The average molecular weight is 450 g/mol. The summed E-state index contributed by atoms with van der Waals surface area (Å²) in [5, 5.41) is 16.9. The molecule has 0 spiro atoms. The van der Waals surface area contributed by atoms with Crippen LogP contribution in [0.25, 0.3) is 16.9 Å². The van der Waals surface area contributed by atoms with Gasteiger partial charge in [-0.05, 0) is 42.8 Å². The molecule has 0 aliphatic carbocycles. The van der Waals surface area contributed by atoms with E-state index in [1.807, 2.05) is 0 Å². The van der Waals surface area contributed by atoms with Crippen molar-refractivity contribution in [3.63, 3.8) is 0 Å². The maximum absolute atomic E-state index is 13.7. The molecule has 6 nitrogen and oxygen atoms in total. The van der Waals surface area contributed by atoms with E-state index < -0.39 is 23.3 Å². The summed E-state index contributed by atoms with van der Waals surface area (Å²) in [4.78, 5) is 25.8. The first-order valence-electron chi connectivity index (χ1n) is 9.11. The first-order chi connectivity index (χ1) is 14.3. The van der Waals surface area contributed by atoms with E-state index in [0.717, 1.165) is 10.7 Å². The monoisotopic (exact) mass is 449 g/mol. The highest BCUT2D eigenvalue weighted by Gasteiger charge is 2.20. The summed E-state index contributed by atoms with van der Waals surface area (Å²) in [6.45, 7) is 1.52. The molecular formula is C21H18Cl2FN3O3. The van der Waals surface area contributed by atoms with Gasteiger partial charge in [0.05, 0.1) is 34.1 Å². The Balaban J connectivity index is 2.20. The van der Waals surface area contributed by atoms with Gasteiger partial charge in [0.15, 0.2) is 0 Å². The second-order valence-corrected chi connectivity index (χ2v) is 7.34. The van der Waals surface area contributed by atoms with Crippen LogP contribution in [0.1, 0.15) is 23.7 Å². The fourth-order valence-corrected chi connectivity index (χ4v) is 3.07. The number of aliphatic hydroxyl groups excluding tert-OH is 1. The normalized spacial score (nSPS) is 11.9. The molecule has 1 atom stereocenters. The van der Waals surface area contributed by atoms with E-state index >= 15 is 0 Å². The molecule has 1 amide bonds. The van der Waals surface area contributed by atoms with E-state index in [1.54, 1.807) is 25.1 Å². The van der Waals surface area contributed by atoms with Crippen LogP contribution in [0.5, 0.6) is 0 Å². The zero-order valence-corrected chi connectivity index (χ0v) is 17.4. The number of benzene rings is 2. The molecular weight excluding hydrogens is 432 g/mol. The van der Waals surface area contributed by atoms with Gasteiger partial charge >= 0.3 is 0 Å². The summed E-state index contributed by atoms with van der Waals surface area (Å²) in [6, 6.07) is 10.9. The molecule has 3 rings (SSSR count). The van der Waals surface area contributed by atoms with Crippen LogP contribution in [0.15, 0.2) is 53.3 Å². The minimum Gasteiger partial charge on any atom is -0.394 e. The molecule has 0 bridgehead atoms. The number of halogens is 3. The number of rotatable bonds is 6. The summed E-state index contributed by atoms with van der Waals surface area (Å²) in [5.74, 6) is -1.23. The van der Waals surface area contributed by atoms with Gasteiger partial charge < -0.3 is 10.4 Å². The Bertz CT molecular complexity index is 1150. The molecule has 0 fully saturated rings. The molecule has 0 aliphatic rings. The lowest BCUT2D eigenvalue weighted by Crippen LogP contribution is -2.40. The SMILES string of the molecule is CC[C@@H](CO)NC(=O)c1cc(-c2ccc(Cl)c(Cl)c2)nn(-c2cccc(F)c2)c1=O. The first-order valence-corrected chi connectivity index (χ1v) is 9.87. The molecule has 9 heteroatoms. The van der Waals surface area contributed by atoms with Crippen molar-refractivity contribution in [2.24, 2.45) is 0 Å². The van der Waals surface area contributed by atoms with E-state index in [9.17, 15) is 19.1 Å². The number of nitrogens with one attached hydrogen (secondary N) is 1. The van der Waals surface area contributed by atoms with Crippen LogP contribution >= 0.6 is 23.2 Å². The van der Waals surface area contributed by atoms with Crippen LogP contribution in [-0.2, 0) is 0 Å². The Morgan fingerprint density at radius 2 is 1.97 bits per heavy atom. The van der Waals surface area contributed by atoms with Crippen LogP contribution in [0.2, 0.25) is 10.0 Å². The molecule has 0 radical (unpaired) electrons. The van der Waals surface area contributed by atoms with Gasteiger partial charge in [-0.1, -0.05) is 42.3 Å². The number of hydrogen-bond acceptors (Lipinski definition) is 4. The van der Waals surface area contributed by atoms with Gasteiger partial charge in [-0.3, -0.25) is 9.59 Å². The van der Waals surface area contributed by atoms with Crippen molar-refractivity contribution in [1.82, 2.24) is 15.1 Å². The van der Waals surface area contributed by atoms with Gasteiger partial charge in [0.1, 0.15) is 11.4 Å². The maximum Gasteiger partial charge on any atom is 0.284 e. The van der Waals surface area contributed by atoms with Gasteiger partial charge in [-0.25, -0.2) is 4.39 Å². The zero-order valence-electron chi connectivity index (χ0n) is 15.9. The van der Waals surface area contributed by atoms with Gasteiger partial charge in [-0.2, -0.15) is 9.78 Å². The Labute approximate surface area is 181 Å². The lowest BCUT2D eigenvalue weighted by Gasteiger charge is -2.15. The van der Waals surface area contributed by atoms with Crippen LogP contribution in [0.4, 0.5) is 4.39 Å². The number of carbonyl (C=O) groups is 1. The molecule has 1 heterocycles. The van der Waals surface area contributed by atoms with Crippen molar-refractivity contribution in [3.05, 3.63) is 80.3 Å². The van der Waals surface area contributed by atoms with E-state index in [-0.39, 0.29) is 28.6 Å². The second kappa shape index (κ2) is 9.38. The van der Waals surface area contributed by atoms with Crippen molar-refractivity contribution in [2.75, 3.05) is 6.61 Å². The number of amides is 1. The minimum atomic E-state index is -0.727. The standard InChI is InChI=1S/C21H18Cl2FN3O3/c1-2-14(11-28)25-20(29)16-10-19(12-6-7-17(22)18(23)8-12)26-27(21(16)30)15-5-3-4-13(24)9-15/h3-10,14,28H,2,11H2,1H3,(H,25,29)/t14-/m0/s1. The predicted octanol–water partition coefficient (Wildman–Crippen LogP) is 3.85. The Morgan fingerprint density at radius 3 is 2.60 bits per heavy atom. The summed E-state index contributed by atoms with van der Waals surface area (Å²) >= 11 is 12.1. The summed E-state index contributed by atoms with van der Waals surface area (Å²) < 4.78 is 14.7. The molecule has 30 heavy (non-hydrogen) atoms. The van der Waals surface area contributed by atoms with Gasteiger partial charge in [0.25, 0.3) is 11.5 Å². The van der Waals surface area contributed by atoms with E-state index in [0.29, 0.717) is 17.0 Å². The fraction of sp³-hybridized carbons (Fsp3) is 0.190. The fourth-order valence-electron chi connectivity index (χ4n) is 2.78. The van der Waals surface area contributed by atoms with Crippen LogP contribution < -0.4 is 10.9 Å². The molecule has 0 unspecified atom stereocenters. The highest BCUT2D eigenvalue weighted by molar-refractivity contribution is 6.42. The predicted molar refractivity (Wildman–Crippen MR) is 114 cm³/mol. The van der Waals surface area contributed by atoms with Gasteiger partial charge in [0, 0.05) is 5.56 Å². The Kier molecular flexibility index (Phi) is 6.87. The average Bonchev–Trinajstić information content (AvgIpc) is 2.74. The molecule has 1 aromatic heterocycles. The molecule has 3 aromatic rings. The van der Waals surface area contributed by atoms with Crippen LogP contribution in [0, 0.1) is 5.82 Å². The minimum absolute atomic E-state index is 0.158. The van der Waals surface area contributed by atoms with Crippen LogP contribution in [0.3, 0.4) is 0 Å². The molecule has 156 valence electrons. The third kappa shape index (κ3) is 4.70. The Hall–Kier alpha value is -2.74. The topological polar surface area (TPSA) is 84.2 Å². The van der Waals surface area contributed by atoms with Crippen molar-refractivity contribution >= 4 is 29.1 Å². The Morgan fingerprint density at radius 1 is 1.20 bits per heavy atom. The van der Waals surface area contributed by atoms with Crippen molar-refractivity contribution in [1.29, 1.82) is 0 Å². The van der Waals surface area contributed by atoms with Gasteiger partial charge in [0.2, 0.25) is 0 Å². The summed E-state index contributed by atoms with van der Waals surface area (Å²) in [7, 11) is 0. The summed E-state index contributed by atoms with van der Waals surface area (Å²) in [6.07, 6.45) is 0.477. The number of aliphatic hydroxyl groups is 1. The molecule has 0 aliphatic heterocycles. The number of aromatic nitrogens is 2. The summed E-state index contributed by atoms with van der Waals surface area (Å²) in [5.41, 5.74) is -0.000440. The smallest absolute Gasteiger partial charge is 0.284 e. The molecule has 2 aromatic carbocycles. The first kappa shape index (κ1) is 22.0. The third-order valence-corrected chi connectivity index (χ3v) is 5.21.